The molecule has 0 atom stereocenters. The van der Waals surface area contributed by atoms with Crippen LogP contribution in [0.25, 0.3) is 0 Å². The summed E-state index contributed by atoms with van der Waals surface area (Å²) in [6.45, 7) is 0.380. The van der Waals surface area contributed by atoms with Crippen LogP contribution in [-0.4, -0.2) is 19.6 Å². The molecule has 3 N–H and O–H groups in total. The molecule has 0 saturated carbocycles. The van der Waals surface area contributed by atoms with Gasteiger partial charge in [-0.25, -0.2) is 10.8 Å². The molecule has 13 heavy (non-hydrogen) atoms. The Hall–Kier alpha value is -1.39. The average molecular weight is 179 g/mol. The Bertz CT molecular complexity index is 271. The number of amidine groups is 1. The molecule has 0 aliphatic heterocycles. The van der Waals surface area contributed by atoms with E-state index in [1.54, 1.807) is 7.11 Å². The number of ether oxygens (including phenoxy) is 1. The van der Waals surface area contributed by atoms with Gasteiger partial charge in [0.1, 0.15) is 12.4 Å². The van der Waals surface area contributed by atoms with Crippen molar-refractivity contribution >= 4 is 11.5 Å². The molecule has 1 aromatic rings. The Balaban J connectivity index is 2.73. The van der Waals surface area contributed by atoms with Crippen LogP contribution >= 0.6 is 0 Å². The van der Waals surface area contributed by atoms with Crippen LogP contribution in [-0.2, 0) is 4.74 Å². The number of hydrazine groups is 1. The molecule has 0 spiro atoms. The number of nitrogens with one attached hydrogen (secondary N) is 1. The fraction of sp³-hybridized carbons (Fsp3) is 0.222. The molecule has 0 aliphatic rings. The molecule has 4 heteroatoms. The van der Waals surface area contributed by atoms with Crippen molar-refractivity contribution in [2.75, 3.05) is 13.7 Å². The topological polar surface area (TPSA) is 59.6 Å². The summed E-state index contributed by atoms with van der Waals surface area (Å²) in [5.74, 6) is 5.85. The molecule has 0 fully saturated rings. The highest BCUT2D eigenvalue weighted by Crippen LogP contribution is 2.09. The number of nitrogens with two attached hydrogens (primary N) is 1. The van der Waals surface area contributed by atoms with Gasteiger partial charge < -0.3 is 10.2 Å². The smallest absolute Gasteiger partial charge is 0.142 e. The molecule has 0 bridgehead atoms. The summed E-state index contributed by atoms with van der Waals surface area (Å²) in [4.78, 5) is 4.22. The van der Waals surface area contributed by atoms with Crippen LogP contribution in [0.15, 0.2) is 35.3 Å². The predicted molar refractivity (Wildman–Crippen MR) is 52.7 cm³/mol. The second-order valence-electron chi connectivity index (χ2n) is 2.47. The van der Waals surface area contributed by atoms with Gasteiger partial charge in [-0.1, -0.05) is 18.2 Å². The maximum absolute atomic E-state index is 5.25. The van der Waals surface area contributed by atoms with Crippen molar-refractivity contribution in [3.8, 4) is 0 Å². The summed E-state index contributed by atoms with van der Waals surface area (Å²) < 4.78 is 4.89. The lowest BCUT2D eigenvalue weighted by atomic mass is 10.3. The Morgan fingerprint density at radius 3 is 2.69 bits per heavy atom. The first-order valence-electron chi connectivity index (χ1n) is 3.95. The van der Waals surface area contributed by atoms with Crippen LogP contribution in [0, 0.1) is 0 Å². The van der Waals surface area contributed by atoms with Gasteiger partial charge in [0.15, 0.2) is 0 Å². The maximum atomic E-state index is 5.25. The molecular formula is C9H13N3O. The molecule has 0 heterocycles. The van der Waals surface area contributed by atoms with E-state index in [4.69, 9.17) is 10.6 Å². The Morgan fingerprint density at radius 1 is 1.46 bits per heavy atom. The zero-order valence-corrected chi connectivity index (χ0v) is 7.53. The van der Waals surface area contributed by atoms with Crippen LogP contribution in [0.1, 0.15) is 0 Å². The lowest BCUT2D eigenvalue weighted by molar-refractivity contribution is 0.242. The minimum absolute atomic E-state index is 0.380. The van der Waals surface area contributed by atoms with E-state index in [9.17, 15) is 0 Å². The number of hydrogen-bond donors (Lipinski definition) is 2. The monoisotopic (exact) mass is 179 g/mol. The minimum Gasteiger partial charge on any atom is -0.377 e. The Kier molecular flexibility index (Phi) is 3.95. The quantitative estimate of drug-likeness (QED) is 0.312. The SMILES string of the molecule is COCC(=Nc1ccccc1)NN. The van der Waals surface area contributed by atoms with Gasteiger partial charge in [-0.05, 0) is 12.1 Å². The van der Waals surface area contributed by atoms with Gasteiger partial charge in [0.25, 0.3) is 0 Å². The zero-order chi connectivity index (χ0) is 9.52. The summed E-state index contributed by atoms with van der Waals surface area (Å²) in [6, 6.07) is 9.56. The van der Waals surface area contributed by atoms with E-state index < -0.39 is 0 Å². The second-order valence-corrected chi connectivity index (χ2v) is 2.47. The van der Waals surface area contributed by atoms with Crippen molar-refractivity contribution < 1.29 is 4.74 Å². The number of benzene rings is 1. The number of rotatable bonds is 3. The van der Waals surface area contributed by atoms with Gasteiger partial charge in [-0.15, -0.1) is 0 Å². The molecule has 0 aliphatic carbocycles. The van der Waals surface area contributed by atoms with E-state index in [0.29, 0.717) is 12.4 Å². The van der Waals surface area contributed by atoms with Crippen molar-refractivity contribution in [1.29, 1.82) is 0 Å². The molecular weight excluding hydrogens is 166 g/mol. The summed E-state index contributed by atoms with van der Waals surface area (Å²) in [5, 5.41) is 0. The van der Waals surface area contributed by atoms with E-state index in [1.807, 2.05) is 30.3 Å². The number of methoxy groups -OCH3 is 1. The van der Waals surface area contributed by atoms with Crippen LogP contribution in [0.3, 0.4) is 0 Å². The van der Waals surface area contributed by atoms with Crippen LogP contribution in [0.4, 0.5) is 5.69 Å². The van der Waals surface area contributed by atoms with Crippen molar-refractivity contribution in [3.63, 3.8) is 0 Å². The highest BCUT2D eigenvalue weighted by atomic mass is 16.5. The zero-order valence-electron chi connectivity index (χ0n) is 7.53. The number of hydrogen-bond acceptors (Lipinski definition) is 3. The third-order valence-corrected chi connectivity index (χ3v) is 1.47. The normalized spacial score (nSPS) is 11.4. The largest absolute Gasteiger partial charge is 0.377 e. The van der Waals surface area contributed by atoms with Gasteiger partial charge >= 0.3 is 0 Å². The standard InChI is InChI=1S/C9H13N3O/c1-13-7-9(12-10)11-8-5-3-2-4-6-8/h2-6H,7,10H2,1H3,(H,11,12). The molecule has 1 aromatic carbocycles. The van der Waals surface area contributed by atoms with Gasteiger partial charge in [-0.3, -0.25) is 0 Å². The van der Waals surface area contributed by atoms with Crippen LogP contribution in [0.5, 0.6) is 0 Å². The molecule has 1 rings (SSSR count). The van der Waals surface area contributed by atoms with E-state index >= 15 is 0 Å². The molecule has 70 valence electrons. The number of para-hydroxylation sites is 1. The summed E-state index contributed by atoms with van der Waals surface area (Å²) >= 11 is 0. The average Bonchev–Trinajstić information content (AvgIpc) is 2.19. The summed E-state index contributed by atoms with van der Waals surface area (Å²) in [5.41, 5.74) is 3.33. The lowest BCUT2D eigenvalue weighted by Gasteiger charge is -2.03. The lowest BCUT2D eigenvalue weighted by Crippen LogP contribution is -2.33. The summed E-state index contributed by atoms with van der Waals surface area (Å²) in [7, 11) is 1.60. The van der Waals surface area contributed by atoms with E-state index in [1.165, 1.54) is 0 Å². The maximum Gasteiger partial charge on any atom is 0.142 e. The van der Waals surface area contributed by atoms with Crippen molar-refractivity contribution in [2.24, 2.45) is 10.8 Å². The van der Waals surface area contributed by atoms with Crippen molar-refractivity contribution in [2.45, 2.75) is 0 Å². The number of aliphatic imine (C=N–C) groups is 1. The molecule has 0 saturated heterocycles. The van der Waals surface area contributed by atoms with E-state index in [0.717, 1.165) is 5.69 Å². The van der Waals surface area contributed by atoms with E-state index in [-0.39, 0.29) is 0 Å². The van der Waals surface area contributed by atoms with Crippen LogP contribution in [0.2, 0.25) is 0 Å². The fourth-order valence-electron chi connectivity index (χ4n) is 0.901. The Morgan fingerprint density at radius 2 is 2.15 bits per heavy atom. The fourth-order valence-corrected chi connectivity index (χ4v) is 0.901. The third kappa shape index (κ3) is 3.23. The van der Waals surface area contributed by atoms with Crippen molar-refractivity contribution in [3.05, 3.63) is 30.3 Å². The third-order valence-electron chi connectivity index (χ3n) is 1.47. The predicted octanol–water partition coefficient (Wildman–Crippen LogP) is 0.826. The molecule has 0 amide bonds. The first kappa shape index (κ1) is 9.70. The van der Waals surface area contributed by atoms with Crippen LogP contribution < -0.4 is 11.3 Å². The minimum atomic E-state index is 0.380. The highest BCUT2D eigenvalue weighted by molar-refractivity contribution is 5.85. The second kappa shape index (κ2) is 5.29. The Labute approximate surface area is 77.4 Å². The van der Waals surface area contributed by atoms with Gasteiger partial charge in [0.05, 0.1) is 5.69 Å². The molecule has 0 aromatic heterocycles. The van der Waals surface area contributed by atoms with Gasteiger partial charge in [0, 0.05) is 7.11 Å². The highest BCUT2D eigenvalue weighted by Gasteiger charge is 1.94. The van der Waals surface area contributed by atoms with Crippen molar-refractivity contribution in [1.82, 2.24) is 5.43 Å². The number of nitrogens with zero attached hydrogens (tertiary/aromatic N) is 1. The van der Waals surface area contributed by atoms with Gasteiger partial charge in [0.2, 0.25) is 0 Å². The first-order valence-corrected chi connectivity index (χ1v) is 3.95. The molecule has 0 radical (unpaired) electrons. The summed E-state index contributed by atoms with van der Waals surface area (Å²) in [6.07, 6.45) is 0. The van der Waals surface area contributed by atoms with E-state index in [2.05, 4.69) is 10.4 Å². The first-order chi connectivity index (χ1) is 6.36. The molecule has 4 nitrogen and oxygen atoms in total. The molecule has 0 unspecified atom stereocenters. The van der Waals surface area contributed by atoms with Gasteiger partial charge in [-0.2, -0.15) is 0 Å².